The van der Waals surface area contributed by atoms with Gasteiger partial charge in [0.1, 0.15) is 0 Å². The number of sulfonamides is 1. The summed E-state index contributed by atoms with van der Waals surface area (Å²) in [6.07, 6.45) is 3.51. The minimum Gasteiger partial charge on any atom is -0.334 e. The SMILES string of the molecule is O=C(NCc1cnn(-c2ccccc2)c1)N1CCN(S(=O)(=O)c2cccc([N+](=O)[O-])c2)CC1. The minimum absolute atomic E-state index is 0.102. The van der Waals surface area contributed by atoms with Crippen molar-refractivity contribution >= 4 is 21.7 Å². The van der Waals surface area contributed by atoms with Gasteiger partial charge in [0.2, 0.25) is 10.0 Å². The molecular formula is C21H22N6O5S. The molecule has 1 aromatic heterocycles. The molecule has 172 valence electrons. The van der Waals surface area contributed by atoms with Crippen molar-refractivity contribution in [1.29, 1.82) is 0 Å². The van der Waals surface area contributed by atoms with Crippen LogP contribution in [0.25, 0.3) is 5.69 Å². The number of amides is 2. The molecule has 2 heterocycles. The highest BCUT2D eigenvalue weighted by molar-refractivity contribution is 7.89. The van der Waals surface area contributed by atoms with Crippen LogP contribution in [0.1, 0.15) is 5.56 Å². The number of urea groups is 1. The van der Waals surface area contributed by atoms with Crippen molar-refractivity contribution in [2.75, 3.05) is 26.2 Å². The fourth-order valence-corrected chi connectivity index (χ4v) is 4.96. The molecule has 0 atom stereocenters. The Morgan fingerprint density at radius 2 is 1.79 bits per heavy atom. The second-order valence-electron chi connectivity index (χ2n) is 7.43. The average molecular weight is 471 g/mol. The van der Waals surface area contributed by atoms with Crippen LogP contribution in [0, 0.1) is 10.1 Å². The summed E-state index contributed by atoms with van der Waals surface area (Å²) < 4.78 is 28.6. The molecule has 1 fully saturated rings. The van der Waals surface area contributed by atoms with Crippen LogP contribution in [0.4, 0.5) is 10.5 Å². The number of aromatic nitrogens is 2. The van der Waals surface area contributed by atoms with Gasteiger partial charge in [0.05, 0.1) is 21.7 Å². The molecule has 11 nitrogen and oxygen atoms in total. The van der Waals surface area contributed by atoms with Gasteiger partial charge in [-0.2, -0.15) is 9.40 Å². The topological polar surface area (TPSA) is 131 Å². The predicted octanol–water partition coefficient (Wildman–Crippen LogP) is 2.00. The minimum atomic E-state index is -3.89. The van der Waals surface area contributed by atoms with E-state index in [9.17, 15) is 23.3 Å². The standard InChI is InChI=1S/C21H22N6O5S/c28-21(22-14-17-15-23-26(16-17)18-5-2-1-3-6-18)24-9-11-25(12-10-24)33(31,32)20-8-4-7-19(13-20)27(29)30/h1-8,13,15-16H,9-12,14H2,(H,22,28). The number of benzene rings is 2. The van der Waals surface area contributed by atoms with Crippen LogP contribution in [-0.2, 0) is 16.6 Å². The van der Waals surface area contributed by atoms with Crippen molar-refractivity contribution in [2.24, 2.45) is 0 Å². The number of nitro benzene ring substituents is 1. The summed E-state index contributed by atoms with van der Waals surface area (Å²) in [5.74, 6) is 0. The number of non-ortho nitro benzene ring substituents is 1. The lowest BCUT2D eigenvalue weighted by atomic mass is 10.3. The van der Waals surface area contributed by atoms with Gasteiger partial charge in [0.25, 0.3) is 5.69 Å². The van der Waals surface area contributed by atoms with Crippen LogP contribution in [-0.4, -0.2) is 64.5 Å². The van der Waals surface area contributed by atoms with Gasteiger partial charge in [-0.05, 0) is 18.2 Å². The summed E-state index contributed by atoms with van der Waals surface area (Å²) in [6, 6.07) is 14.3. The summed E-state index contributed by atoms with van der Waals surface area (Å²) >= 11 is 0. The summed E-state index contributed by atoms with van der Waals surface area (Å²) in [7, 11) is -3.89. The van der Waals surface area contributed by atoms with E-state index in [1.807, 2.05) is 36.5 Å². The monoisotopic (exact) mass is 470 g/mol. The van der Waals surface area contributed by atoms with Crippen LogP contribution >= 0.6 is 0 Å². The molecule has 3 aromatic rings. The Balaban J connectivity index is 1.31. The first-order chi connectivity index (χ1) is 15.8. The van der Waals surface area contributed by atoms with E-state index < -0.39 is 14.9 Å². The molecule has 1 N–H and O–H groups in total. The lowest BCUT2D eigenvalue weighted by Crippen LogP contribution is -2.52. The highest BCUT2D eigenvalue weighted by Gasteiger charge is 2.31. The zero-order valence-corrected chi connectivity index (χ0v) is 18.4. The number of nitro groups is 1. The molecule has 0 saturated carbocycles. The van der Waals surface area contributed by atoms with Crippen molar-refractivity contribution in [3.63, 3.8) is 0 Å². The van der Waals surface area contributed by atoms with Crippen molar-refractivity contribution < 1.29 is 18.1 Å². The first-order valence-corrected chi connectivity index (χ1v) is 11.6. The normalized spacial score (nSPS) is 14.7. The van der Waals surface area contributed by atoms with E-state index in [-0.39, 0.29) is 49.3 Å². The molecule has 33 heavy (non-hydrogen) atoms. The number of hydrogen-bond donors (Lipinski definition) is 1. The highest BCUT2D eigenvalue weighted by atomic mass is 32.2. The van der Waals surface area contributed by atoms with Crippen molar-refractivity contribution in [3.05, 3.63) is 82.7 Å². The largest absolute Gasteiger partial charge is 0.334 e. The van der Waals surface area contributed by atoms with E-state index in [1.54, 1.807) is 15.8 Å². The molecular weight excluding hydrogens is 448 g/mol. The van der Waals surface area contributed by atoms with Crippen molar-refractivity contribution in [2.45, 2.75) is 11.4 Å². The Morgan fingerprint density at radius 3 is 2.48 bits per heavy atom. The summed E-state index contributed by atoms with van der Waals surface area (Å²) in [6.45, 7) is 0.916. The molecule has 0 radical (unpaired) electrons. The van der Waals surface area contributed by atoms with Crippen LogP contribution in [0.15, 0.2) is 71.9 Å². The molecule has 0 spiro atoms. The van der Waals surface area contributed by atoms with Gasteiger partial charge in [-0.3, -0.25) is 10.1 Å². The lowest BCUT2D eigenvalue weighted by molar-refractivity contribution is -0.385. The zero-order valence-electron chi connectivity index (χ0n) is 17.6. The first-order valence-electron chi connectivity index (χ1n) is 10.2. The van der Waals surface area contributed by atoms with Gasteiger partial charge in [0.15, 0.2) is 0 Å². The number of nitrogens with one attached hydrogen (secondary N) is 1. The molecule has 0 bridgehead atoms. The molecule has 0 aliphatic carbocycles. The van der Waals surface area contributed by atoms with Gasteiger partial charge in [-0.15, -0.1) is 0 Å². The number of carbonyl (C=O) groups is 1. The average Bonchev–Trinajstić information content (AvgIpc) is 3.32. The number of nitrogens with zero attached hydrogens (tertiary/aromatic N) is 5. The fraction of sp³-hybridized carbons (Fsp3) is 0.238. The molecule has 1 aliphatic rings. The van der Waals surface area contributed by atoms with Gasteiger partial charge in [0, 0.05) is 56.6 Å². The molecule has 1 saturated heterocycles. The summed E-state index contributed by atoms with van der Waals surface area (Å²) in [5, 5.41) is 18.1. The molecule has 1 aliphatic heterocycles. The number of para-hydroxylation sites is 1. The third-order valence-corrected chi connectivity index (χ3v) is 7.19. The van der Waals surface area contributed by atoms with Crippen molar-refractivity contribution in [1.82, 2.24) is 24.3 Å². The van der Waals surface area contributed by atoms with Gasteiger partial charge >= 0.3 is 6.03 Å². The zero-order chi connectivity index (χ0) is 23.4. The first kappa shape index (κ1) is 22.4. The second-order valence-corrected chi connectivity index (χ2v) is 9.37. The van der Waals surface area contributed by atoms with Crippen LogP contribution in [0.3, 0.4) is 0 Å². The second kappa shape index (κ2) is 9.38. The Morgan fingerprint density at radius 1 is 1.06 bits per heavy atom. The Bertz CT molecular complexity index is 1250. The Labute approximate surface area is 190 Å². The van der Waals surface area contributed by atoms with Gasteiger partial charge in [-0.1, -0.05) is 24.3 Å². The Kier molecular flexibility index (Phi) is 6.38. The summed E-state index contributed by atoms with van der Waals surface area (Å²) in [4.78, 5) is 24.3. The Hall–Kier alpha value is -3.77. The maximum absolute atomic E-state index is 12.8. The van der Waals surface area contributed by atoms with E-state index >= 15 is 0 Å². The predicted molar refractivity (Wildman–Crippen MR) is 119 cm³/mol. The van der Waals surface area contributed by atoms with Crippen molar-refractivity contribution in [3.8, 4) is 5.69 Å². The van der Waals surface area contributed by atoms with Crippen LogP contribution in [0.2, 0.25) is 0 Å². The van der Waals surface area contributed by atoms with Gasteiger partial charge < -0.3 is 10.2 Å². The molecule has 4 rings (SSSR count). The van der Waals surface area contributed by atoms with E-state index in [0.29, 0.717) is 0 Å². The van der Waals surface area contributed by atoms with E-state index in [2.05, 4.69) is 10.4 Å². The molecule has 2 aromatic carbocycles. The number of hydrogen-bond acceptors (Lipinski definition) is 6. The third kappa shape index (κ3) is 5.02. The number of piperazine rings is 1. The van der Waals surface area contributed by atoms with Crippen LogP contribution in [0.5, 0.6) is 0 Å². The van der Waals surface area contributed by atoms with E-state index in [1.165, 1.54) is 22.5 Å². The number of carbonyl (C=O) groups excluding carboxylic acids is 1. The van der Waals surface area contributed by atoms with E-state index in [0.717, 1.165) is 17.3 Å². The highest BCUT2D eigenvalue weighted by Crippen LogP contribution is 2.22. The van der Waals surface area contributed by atoms with Gasteiger partial charge in [-0.25, -0.2) is 17.9 Å². The lowest BCUT2D eigenvalue weighted by Gasteiger charge is -2.33. The maximum Gasteiger partial charge on any atom is 0.317 e. The smallest absolute Gasteiger partial charge is 0.317 e. The van der Waals surface area contributed by atoms with E-state index in [4.69, 9.17) is 0 Å². The molecule has 0 unspecified atom stereocenters. The molecule has 12 heteroatoms. The third-order valence-electron chi connectivity index (χ3n) is 5.29. The quantitative estimate of drug-likeness (QED) is 0.433. The maximum atomic E-state index is 12.8. The summed E-state index contributed by atoms with van der Waals surface area (Å²) in [5.41, 5.74) is 1.46. The fourth-order valence-electron chi connectivity index (χ4n) is 3.50. The number of rotatable bonds is 6. The molecule has 2 amide bonds. The van der Waals surface area contributed by atoms with Crippen LogP contribution < -0.4 is 5.32 Å².